The molecular formula is C59H92O6. The van der Waals surface area contributed by atoms with Crippen LogP contribution < -0.4 is 0 Å². The molecule has 6 heteroatoms. The molecule has 0 fully saturated rings. The van der Waals surface area contributed by atoms with Crippen LogP contribution in [-0.4, -0.2) is 48.6 Å². The Morgan fingerprint density at radius 3 is 0.954 bits per heavy atom. The molecule has 0 aliphatic rings. The molecule has 0 heterocycles. The van der Waals surface area contributed by atoms with Gasteiger partial charge in [-0.3, -0.25) is 0 Å². The van der Waals surface area contributed by atoms with Crippen LogP contribution in [0.4, 0.5) is 0 Å². The minimum Gasteiger partial charge on any atom is -0.478 e. The molecule has 2 N–H and O–H groups in total. The third-order valence-electron chi connectivity index (χ3n) is 13.0. The summed E-state index contributed by atoms with van der Waals surface area (Å²) in [4.78, 5) is 24.9. The molecule has 65 heavy (non-hydrogen) atoms. The number of carbonyl (C=O) groups is 2. The molecule has 0 spiro atoms. The molecule has 0 bridgehead atoms. The van der Waals surface area contributed by atoms with E-state index in [0.29, 0.717) is 35.5 Å². The molecule has 2 aromatic carbocycles. The Kier molecular flexibility index (Phi) is 34.1. The van der Waals surface area contributed by atoms with Crippen molar-refractivity contribution in [3.63, 3.8) is 0 Å². The minimum atomic E-state index is -1.07. The topological polar surface area (TPSA) is 93.1 Å². The van der Waals surface area contributed by atoms with Crippen molar-refractivity contribution < 1.29 is 29.3 Å². The molecule has 0 saturated heterocycles. The Hall–Kier alpha value is -3.58. The third-order valence-corrected chi connectivity index (χ3v) is 13.0. The van der Waals surface area contributed by atoms with E-state index >= 15 is 0 Å². The highest BCUT2D eigenvalue weighted by Gasteiger charge is 2.31. The van der Waals surface area contributed by atoms with E-state index in [1.807, 2.05) is 26.0 Å². The maximum atomic E-state index is 12.4. The molecule has 2 aromatic rings. The maximum absolute atomic E-state index is 12.4. The largest absolute Gasteiger partial charge is 0.478 e. The van der Waals surface area contributed by atoms with Crippen LogP contribution in [0.2, 0.25) is 0 Å². The van der Waals surface area contributed by atoms with E-state index in [9.17, 15) is 19.8 Å². The van der Waals surface area contributed by atoms with Crippen molar-refractivity contribution in [2.24, 2.45) is 0 Å². The van der Waals surface area contributed by atoms with Crippen molar-refractivity contribution in [3.8, 4) is 23.7 Å². The Labute approximate surface area is 398 Å². The number of rotatable bonds is 40. The average molecular weight is 897 g/mol. The quantitative estimate of drug-likeness (QED) is 0.0511. The van der Waals surface area contributed by atoms with Gasteiger partial charge in [-0.1, -0.05) is 268 Å². The summed E-state index contributed by atoms with van der Waals surface area (Å²) in [5.74, 6) is 10.3. The van der Waals surface area contributed by atoms with Crippen LogP contribution in [0.25, 0.3) is 0 Å². The standard InChI is InChI=1S/C59H92O6/c1-5-7-9-11-13-15-17-19-21-23-25-27-29-31-33-35-47-64-49-39-43-51-53(57(60)61)41-37-45-55(51)59(3,4)56-46-38-42-54(58(62)63)52(56)44-40-50-65-48-36-34-32-30-28-26-24-22-20-18-16-14-12-10-8-6-2/h37-38,41-42,45-46H,5-36,47-50H2,1-4H3,(H,60,61)(H,62,63). The van der Waals surface area contributed by atoms with Gasteiger partial charge in [0, 0.05) is 29.8 Å². The summed E-state index contributed by atoms with van der Waals surface area (Å²) in [5, 5.41) is 20.4. The molecule has 0 aromatic heterocycles. The van der Waals surface area contributed by atoms with Gasteiger partial charge in [0.05, 0.1) is 11.1 Å². The van der Waals surface area contributed by atoms with Crippen molar-refractivity contribution >= 4 is 11.9 Å². The lowest BCUT2D eigenvalue weighted by Crippen LogP contribution is -2.24. The number of ether oxygens (including phenoxy) is 2. The molecule has 0 amide bonds. The van der Waals surface area contributed by atoms with E-state index in [1.165, 1.54) is 180 Å². The zero-order chi connectivity index (χ0) is 47.1. The van der Waals surface area contributed by atoms with Gasteiger partial charge in [0.15, 0.2) is 0 Å². The minimum absolute atomic E-state index is 0.102. The SMILES string of the molecule is CCCCCCCCCCCCCCCCCCOCC#Cc1c(C(=O)O)cccc1C(C)(C)c1cccc(C(=O)O)c1C#CCOCCCCCCCCCCCCCCCCCC. The number of carboxylic acid groups (broad SMARTS) is 2. The normalized spacial score (nSPS) is 11.3. The fourth-order valence-corrected chi connectivity index (χ4v) is 8.92. The first-order chi connectivity index (χ1) is 31.8. The molecule has 6 nitrogen and oxygen atoms in total. The number of hydrogen-bond donors (Lipinski definition) is 2. The van der Waals surface area contributed by atoms with Gasteiger partial charge in [-0.25, -0.2) is 9.59 Å². The van der Waals surface area contributed by atoms with Crippen LogP contribution >= 0.6 is 0 Å². The van der Waals surface area contributed by atoms with Crippen molar-refractivity contribution in [2.45, 2.75) is 239 Å². The van der Waals surface area contributed by atoms with Crippen LogP contribution in [0.1, 0.15) is 276 Å². The maximum Gasteiger partial charge on any atom is 0.336 e. The number of unbranched alkanes of at least 4 members (excludes halogenated alkanes) is 30. The number of hydrogen-bond acceptors (Lipinski definition) is 4. The average Bonchev–Trinajstić information content (AvgIpc) is 3.30. The summed E-state index contributed by atoms with van der Waals surface area (Å²) in [6.07, 6.45) is 42.3. The van der Waals surface area contributed by atoms with Crippen molar-refractivity contribution in [1.82, 2.24) is 0 Å². The first-order valence-electron chi connectivity index (χ1n) is 26.6. The van der Waals surface area contributed by atoms with Gasteiger partial charge in [-0.05, 0) is 36.1 Å². The van der Waals surface area contributed by atoms with Gasteiger partial charge in [-0.15, -0.1) is 0 Å². The summed E-state index contributed by atoms with van der Waals surface area (Å²) in [7, 11) is 0. The zero-order valence-corrected chi connectivity index (χ0v) is 41.9. The van der Waals surface area contributed by atoms with Crippen molar-refractivity contribution in [3.05, 3.63) is 69.8 Å². The van der Waals surface area contributed by atoms with E-state index < -0.39 is 17.4 Å². The van der Waals surface area contributed by atoms with Gasteiger partial charge in [0.2, 0.25) is 0 Å². The summed E-state index contributed by atoms with van der Waals surface area (Å²) in [6.45, 7) is 10.1. The summed E-state index contributed by atoms with van der Waals surface area (Å²) in [5.41, 5.74) is 1.56. The smallest absolute Gasteiger partial charge is 0.336 e. The van der Waals surface area contributed by atoms with Crippen LogP contribution in [0, 0.1) is 23.7 Å². The lowest BCUT2D eigenvalue weighted by Gasteiger charge is -2.29. The monoisotopic (exact) mass is 897 g/mol. The Bertz CT molecular complexity index is 1550. The molecule has 0 aliphatic carbocycles. The van der Waals surface area contributed by atoms with Gasteiger partial charge < -0.3 is 19.7 Å². The predicted molar refractivity (Wildman–Crippen MR) is 273 cm³/mol. The van der Waals surface area contributed by atoms with E-state index in [2.05, 4.69) is 37.5 Å². The lowest BCUT2D eigenvalue weighted by atomic mass is 9.73. The van der Waals surface area contributed by atoms with Gasteiger partial charge in [0.1, 0.15) is 13.2 Å². The van der Waals surface area contributed by atoms with E-state index in [-0.39, 0.29) is 24.3 Å². The van der Waals surface area contributed by atoms with Crippen molar-refractivity contribution in [2.75, 3.05) is 26.4 Å². The van der Waals surface area contributed by atoms with E-state index in [1.54, 1.807) is 24.3 Å². The third kappa shape index (κ3) is 26.4. The Balaban J connectivity index is 1.81. The van der Waals surface area contributed by atoms with Crippen molar-refractivity contribution in [1.29, 1.82) is 0 Å². The fourth-order valence-electron chi connectivity index (χ4n) is 8.92. The zero-order valence-electron chi connectivity index (χ0n) is 41.9. The van der Waals surface area contributed by atoms with Crippen LogP contribution in [-0.2, 0) is 14.9 Å². The highest BCUT2D eigenvalue weighted by Crippen LogP contribution is 2.37. The van der Waals surface area contributed by atoms with E-state index in [4.69, 9.17) is 9.47 Å². The molecule has 364 valence electrons. The number of aromatic carboxylic acids is 2. The molecule has 0 saturated carbocycles. The summed E-state index contributed by atoms with van der Waals surface area (Å²) < 4.78 is 11.7. The van der Waals surface area contributed by atoms with E-state index in [0.717, 1.165) is 25.7 Å². The molecule has 0 unspecified atom stereocenters. The highest BCUT2D eigenvalue weighted by atomic mass is 16.5. The first kappa shape index (κ1) is 57.5. The molecule has 0 atom stereocenters. The lowest BCUT2D eigenvalue weighted by molar-refractivity contribution is 0.0685. The number of carboxylic acids is 2. The first-order valence-corrected chi connectivity index (χ1v) is 26.6. The Morgan fingerprint density at radius 2 is 0.692 bits per heavy atom. The molecule has 2 rings (SSSR count). The van der Waals surface area contributed by atoms with Gasteiger partial charge >= 0.3 is 11.9 Å². The second-order valence-corrected chi connectivity index (χ2v) is 19.0. The highest BCUT2D eigenvalue weighted by molar-refractivity contribution is 5.93. The van der Waals surface area contributed by atoms with Crippen LogP contribution in [0.15, 0.2) is 36.4 Å². The summed E-state index contributed by atoms with van der Waals surface area (Å²) >= 11 is 0. The second-order valence-electron chi connectivity index (χ2n) is 19.0. The van der Waals surface area contributed by atoms with Crippen LogP contribution in [0.5, 0.6) is 0 Å². The number of benzene rings is 2. The predicted octanol–water partition coefficient (Wildman–Crippen LogP) is 16.7. The fraction of sp³-hybridized carbons (Fsp3) is 0.695. The molecule has 0 aliphatic heterocycles. The van der Waals surface area contributed by atoms with Gasteiger partial charge in [0.25, 0.3) is 0 Å². The molecular weight excluding hydrogens is 805 g/mol. The Morgan fingerprint density at radius 1 is 0.431 bits per heavy atom. The summed E-state index contributed by atoms with van der Waals surface area (Å²) in [6, 6.07) is 10.3. The second kappa shape index (κ2) is 38.5. The van der Waals surface area contributed by atoms with Gasteiger partial charge in [-0.2, -0.15) is 0 Å². The van der Waals surface area contributed by atoms with Crippen LogP contribution in [0.3, 0.4) is 0 Å². The molecule has 0 radical (unpaired) electrons.